The zero-order valence-corrected chi connectivity index (χ0v) is 61.2. The van der Waals surface area contributed by atoms with E-state index in [4.69, 9.17) is 46.8 Å². The molecule has 1 saturated carbocycles. The number of nitrogens with zero attached hydrogens (tertiary/aromatic N) is 7. The van der Waals surface area contributed by atoms with Gasteiger partial charge in [-0.1, -0.05) is 71.5 Å². The number of ether oxygens (including phenoxy) is 6. The van der Waals surface area contributed by atoms with Gasteiger partial charge >= 0.3 is 23.7 Å². The van der Waals surface area contributed by atoms with E-state index in [0.29, 0.717) is 85.7 Å². The Balaban J connectivity index is 0.000000271. The molecule has 2 aliphatic rings. The molecule has 6 aromatic heterocycles. The number of likely N-dealkylation sites (tertiary alicyclic amines) is 1. The number of aromatic nitrogens is 4. The van der Waals surface area contributed by atoms with Crippen LogP contribution in [-0.2, 0) is 38.5 Å². The molecule has 9 aromatic rings. The summed E-state index contributed by atoms with van der Waals surface area (Å²) in [6.07, 6.45) is 11.6. The lowest BCUT2D eigenvalue weighted by Crippen LogP contribution is -2.52. The number of carbonyl (C=O) groups excluding carboxylic acids is 5. The number of benzene rings is 3. The third-order valence-electron chi connectivity index (χ3n) is 15.0. The predicted molar refractivity (Wildman–Crippen MR) is 405 cm³/mol. The second-order valence-corrected chi connectivity index (χ2v) is 29.8. The lowest BCUT2D eigenvalue weighted by Gasteiger charge is -2.39. The van der Waals surface area contributed by atoms with Crippen molar-refractivity contribution >= 4 is 89.9 Å². The summed E-state index contributed by atoms with van der Waals surface area (Å²) in [5.74, 6) is 0.507. The number of fused-ring (bicyclic) bond motifs is 2. The van der Waals surface area contributed by atoms with Crippen LogP contribution in [0, 0.1) is 17.6 Å². The van der Waals surface area contributed by atoms with Crippen LogP contribution in [0.1, 0.15) is 146 Å². The topological polar surface area (TPSA) is 254 Å². The molecule has 7 heterocycles. The monoisotopic (exact) mass is 1470 g/mol. The van der Waals surface area contributed by atoms with E-state index in [2.05, 4.69) is 24.7 Å². The Morgan fingerprint density at radius 2 is 1.05 bits per heavy atom. The van der Waals surface area contributed by atoms with Gasteiger partial charge in [0.05, 0.1) is 54.7 Å². The van der Waals surface area contributed by atoms with Crippen molar-refractivity contribution in [3.05, 3.63) is 168 Å². The number of para-hydroxylation sites is 1. The van der Waals surface area contributed by atoms with E-state index in [1.165, 1.54) is 66.2 Å². The van der Waals surface area contributed by atoms with Gasteiger partial charge in [0.15, 0.2) is 23.1 Å². The van der Waals surface area contributed by atoms with Gasteiger partial charge in [-0.25, -0.2) is 28.0 Å². The van der Waals surface area contributed by atoms with Crippen LogP contribution >= 0.6 is 34.3 Å². The van der Waals surface area contributed by atoms with Crippen LogP contribution in [0.5, 0.6) is 28.7 Å². The summed E-state index contributed by atoms with van der Waals surface area (Å²) in [6.45, 7) is 23.5. The molecule has 103 heavy (non-hydrogen) atoms. The first-order valence-electron chi connectivity index (χ1n) is 33.4. The maximum Gasteiger partial charge on any atom is 0.410 e. The van der Waals surface area contributed by atoms with Crippen LogP contribution in [0.25, 0.3) is 41.6 Å². The Morgan fingerprint density at radius 1 is 0.592 bits per heavy atom. The molecule has 0 spiro atoms. The largest absolute Gasteiger partial charge is 0.453 e. The minimum atomic E-state index is -0.814. The first kappa shape index (κ1) is 82.6. The molecular weight excluding hydrogens is 1380 g/mol. The molecule has 0 atom stereocenters. The van der Waals surface area contributed by atoms with Gasteiger partial charge in [-0.3, -0.25) is 24.7 Å². The van der Waals surface area contributed by atoms with Gasteiger partial charge in [0.25, 0.3) is 0 Å². The number of pyridine rings is 4. The highest BCUT2D eigenvalue weighted by Gasteiger charge is 2.35. The molecule has 1 saturated heterocycles. The summed E-state index contributed by atoms with van der Waals surface area (Å²) in [7, 11) is 0. The summed E-state index contributed by atoms with van der Waals surface area (Å²) >= 11 is 7.85. The lowest BCUT2D eigenvalue weighted by atomic mass is 9.92. The Kier molecular flexibility index (Phi) is 30.2. The van der Waals surface area contributed by atoms with Gasteiger partial charge in [0, 0.05) is 111 Å². The molecule has 3 aromatic carbocycles. The highest BCUT2D eigenvalue weighted by Crippen LogP contribution is 2.41. The van der Waals surface area contributed by atoms with E-state index in [0.717, 1.165) is 60.0 Å². The number of hydrogen-bond acceptors (Lipinski definition) is 19. The number of amides is 3. The molecule has 4 N–H and O–H groups in total. The summed E-state index contributed by atoms with van der Waals surface area (Å²) in [5, 5.41) is 0. The number of carbonyl (C=O) groups is 5. The normalized spacial score (nSPS) is 12.7. The fourth-order valence-electron chi connectivity index (χ4n) is 10.1. The maximum atomic E-state index is 15.2. The lowest BCUT2D eigenvalue weighted by molar-refractivity contribution is -0.120. The van der Waals surface area contributed by atoms with Gasteiger partial charge in [-0.15, -0.1) is 22.7 Å². The Labute approximate surface area is 616 Å². The van der Waals surface area contributed by atoms with Crippen molar-refractivity contribution in [1.29, 1.82) is 0 Å². The number of rotatable bonds is 19. The number of ketones is 1. The zero-order valence-electron chi connectivity index (χ0n) is 58.9. The quantitative estimate of drug-likeness (QED) is 0.0433. The van der Waals surface area contributed by atoms with Crippen molar-refractivity contribution in [1.82, 2.24) is 34.6 Å². The van der Waals surface area contributed by atoms with Crippen molar-refractivity contribution in [2.24, 2.45) is 11.7 Å². The number of nitrogen functional groups attached to an aromatic ring is 1. The molecule has 1 aliphatic carbocycles. The molecule has 0 radical (unpaired) electrons. The summed E-state index contributed by atoms with van der Waals surface area (Å²) in [6, 6.07) is 33.0. The number of halogens is 3. The van der Waals surface area contributed by atoms with E-state index in [1.807, 2.05) is 119 Å². The number of hydrogen-bond donors (Lipinski definition) is 2. The highest BCUT2D eigenvalue weighted by atomic mass is 35.5. The average Bonchev–Trinajstić information content (AvgIpc) is 1.64. The van der Waals surface area contributed by atoms with Crippen molar-refractivity contribution in [3.63, 3.8) is 0 Å². The fraction of sp³-hybridized carbons (Fsp3) is 0.397. The first-order chi connectivity index (χ1) is 47.9. The van der Waals surface area contributed by atoms with Crippen LogP contribution in [0.2, 0.25) is 0 Å². The third kappa shape index (κ3) is 25.8. The molecular formula is C78H96ClF2N9O11S2. The molecule has 20 nitrogen and oxygen atoms in total. The van der Waals surface area contributed by atoms with Crippen LogP contribution in [0.3, 0.4) is 0 Å². The average molecular weight is 1470 g/mol. The maximum absolute atomic E-state index is 15.2. The SMILES string of the molecule is C.C.CCCN(Cc1ccc(-c2cc3nccc(Oc4ccc(CC(=O)CC5CN(C(=O)OC(C)(C)C)C5)cc4F)c3s2)nc1)C(=O)OC(C)(C)C.CCCN(Cc1ccc(-c2cc3nccc(Oc4ccc(N)cc4F)c3s2)nc1)C(=O)OC(C)(C)C.NC1CCC1.O=C(Cl)Oc1ccccc1. The van der Waals surface area contributed by atoms with Gasteiger partial charge in [-0.05, 0) is 165 Å². The van der Waals surface area contributed by atoms with Gasteiger partial charge in [0.1, 0.15) is 39.8 Å². The molecule has 1 aliphatic heterocycles. The van der Waals surface area contributed by atoms with Crippen molar-refractivity contribution in [2.75, 3.05) is 31.9 Å². The van der Waals surface area contributed by atoms with Crippen LogP contribution in [-0.4, -0.2) is 113 Å². The number of nitrogens with two attached hydrogens (primary N) is 2. The van der Waals surface area contributed by atoms with E-state index in [9.17, 15) is 28.4 Å². The predicted octanol–water partition coefficient (Wildman–Crippen LogP) is 20.0. The van der Waals surface area contributed by atoms with Crippen LogP contribution in [0.4, 0.5) is 33.6 Å². The smallest absolute Gasteiger partial charge is 0.410 e. The summed E-state index contributed by atoms with van der Waals surface area (Å²) < 4.78 is 63.9. The van der Waals surface area contributed by atoms with Gasteiger partial charge < -0.3 is 54.6 Å². The highest BCUT2D eigenvalue weighted by molar-refractivity contribution is 7.23. The summed E-state index contributed by atoms with van der Waals surface area (Å²) in [4.78, 5) is 85.2. The van der Waals surface area contributed by atoms with Crippen LogP contribution < -0.4 is 25.7 Å². The van der Waals surface area contributed by atoms with E-state index in [1.54, 1.807) is 88.0 Å². The second-order valence-electron chi connectivity index (χ2n) is 27.3. The van der Waals surface area contributed by atoms with Gasteiger partial charge in [0.2, 0.25) is 0 Å². The zero-order chi connectivity index (χ0) is 73.2. The van der Waals surface area contributed by atoms with Gasteiger partial charge in [-0.2, -0.15) is 0 Å². The molecule has 25 heteroatoms. The molecule has 2 fully saturated rings. The standard InChI is InChI=1S/C38H45FN4O6S.C27H29FN4O3S.C7H5ClO2.C4H9N.2CH4/c1-8-15-42(35(45)48-37(2,3)4)21-25-9-11-29(41-20-25)33-19-30-34(50-33)32(13-14-40-30)47-31-12-10-24(18-28(31)39)16-27(44)17-26-22-43(23-26)36(46)49-38(5,6)7;1-5-12-32(26(33)35-27(2,3)4)16-17-6-8-20(31-15-17)24-14-21-25(36-24)23(10-11-30-21)34-22-9-7-18(29)13-19(22)28;8-7(9)10-6-4-2-1-3-5-6;5-4-2-1-3-4;;/h9-14,18-20,26H,8,15-17,21-23H2,1-7H3;6-11,13-15H,5,12,16,29H2,1-4H3;1-5H;4H,1-3,5H2;2*1H4. The molecule has 0 unspecified atom stereocenters. The molecule has 552 valence electrons. The molecule has 0 bridgehead atoms. The summed E-state index contributed by atoms with van der Waals surface area (Å²) in [5.41, 5.74) is 14.1. The Morgan fingerprint density at radius 3 is 1.45 bits per heavy atom. The van der Waals surface area contributed by atoms with Crippen molar-refractivity contribution in [3.8, 4) is 49.9 Å². The molecule has 11 rings (SSSR count). The minimum Gasteiger partial charge on any atom is -0.453 e. The van der Waals surface area contributed by atoms with E-state index in [-0.39, 0.29) is 62.8 Å². The minimum absolute atomic E-state index is 0. The second kappa shape index (κ2) is 37.7. The Hall–Kier alpha value is -9.36. The Bertz CT molecular complexity index is 4270. The number of Topliss-reactive ketones (excluding diaryl/α,β-unsaturated/α-hetero) is 1. The fourth-order valence-corrected chi connectivity index (χ4v) is 12.2. The molecule has 3 amide bonds. The number of anilines is 1. The van der Waals surface area contributed by atoms with E-state index < -0.39 is 33.9 Å². The first-order valence-corrected chi connectivity index (χ1v) is 35.4. The van der Waals surface area contributed by atoms with E-state index >= 15 is 4.39 Å². The van der Waals surface area contributed by atoms with Crippen molar-refractivity contribution < 1.29 is 61.2 Å². The van der Waals surface area contributed by atoms with Crippen molar-refractivity contribution in [2.45, 2.75) is 172 Å². The number of thiophene rings is 2. The third-order valence-corrected chi connectivity index (χ3v) is 17.4. The van der Waals surface area contributed by atoms with Crippen LogP contribution in [0.15, 0.2) is 140 Å².